The lowest BCUT2D eigenvalue weighted by Gasteiger charge is -2.04. The standard InChI is InChI=1S/C8H15O4P/c1-4-7(8(9)10)13(11)6(3)12-5-2/h6-7H,4-5H2,1-3H3/p+1. The van der Waals surface area contributed by atoms with E-state index in [-0.39, 0.29) is 0 Å². The molecule has 0 aliphatic carbocycles. The number of rotatable bonds is 6. The Hall–Kier alpha value is -0.470. The van der Waals surface area contributed by atoms with Gasteiger partial charge in [0, 0.05) is 20.0 Å². The fraction of sp³-hybridized carbons (Fsp3) is 0.875. The van der Waals surface area contributed by atoms with Crippen molar-refractivity contribution in [3.8, 4) is 0 Å². The van der Waals surface area contributed by atoms with Crippen LogP contribution in [0.15, 0.2) is 0 Å². The lowest BCUT2D eigenvalue weighted by atomic mass is 10.3. The zero-order valence-corrected chi connectivity index (χ0v) is 9.08. The molecule has 1 N–H and O–H groups in total. The van der Waals surface area contributed by atoms with Gasteiger partial charge in [-0.1, -0.05) is 11.5 Å². The molecule has 0 aliphatic rings. The molecule has 0 bridgehead atoms. The number of carboxylic acids is 1. The third kappa shape index (κ3) is 3.83. The highest BCUT2D eigenvalue weighted by Gasteiger charge is 2.40. The van der Waals surface area contributed by atoms with Crippen LogP contribution in [0.4, 0.5) is 0 Å². The van der Waals surface area contributed by atoms with E-state index >= 15 is 0 Å². The van der Waals surface area contributed by atoms with Crippen molar-refractivity contribution in [2.45, 2.75) is 38.7 Å². The van der Waals surface area contributed by atoms with E-state index < -0.39 is 25.3 Å². The van der Waals surface area contributed by atoms with Crippen LogP contribution in [0.2, 0.25) is 0 Å². The molecule has 3 atom stereocenters. The minimum Gasteiger partial charge on any atom is -0.478 e. The molecule has 0 rings (SSSR count). The Bertz CT molecular complexity index is 193. The molecule has 13 heavy (non-hydrogen) atoms. The second kappa shape index (κ2) is 6.06. The van der Waals surface area contributed by atoms with Gasteiger partial charge in [0.15, 0.2) is 0 Å². The average molecular weight is 207 g/mol. The summed E-state index contributed by atoms with van der Waals surface area (Å²) in [7, 11) is -1.82. The maximum absolute atomic E-state index is 11.5. The van der Waals surface area contributed by atoms with Crippen molar-refractivity contribution in [2.75, 3.05) is 6.61 Å². The van der Waals surface area contributed by atoms with Gasteiger partial charge in [-0.25, -0.2) is 4.79 Å². The van der Waals surface area contributed by atoms with Crippen LogP contribution < -0.4 is 0 Å². The van der Waals surface area contributed by atoms with Crippen LogP contribution in [0.25, 0.3) is 0 Å². The molecule has 4 nitrogen and oxygen atoms in total. The Morgan fingerprint density at radius 3 is 2.38 bits per heavy atom. The van der Waals surface area contributed by atoms with Crippen molar-refractivity contribution in [1.82, 2.24) is 0 Å². The van der Waals surface area contributed by atoms with Gasteiger partial charge in [0.25, 0.3) is 11.5 Å². The molecular weight excluding hydrogens is 191 g/mol. The molecule has 0 radical (unpaired) electrons. The average Bonchev–Trinajstić information content (AvgIpc) is 2.05. The first-order valence-electron chi connectivity index (χ1n) is 4.34. The Balaban J connectivity index is 4.28. The smallest absolute Gasteiger partial charge is 0.384 e. The molecule has 0 aliphatic heterocycles. The van der Waals surface area contributed by atoms with Crippen LogP contribution in [-0.2, 0) is 14.1 Å². The van der Waals surface area contributed by atoms with Crippen LogP contribution in [-0.4, -0.2) is 29.2 Å². The van der Waals surface area contributed by atoms with Gasteiger partial charge in [-0.3, -0.25) is 0 Å². The van der Waals surface area contributed by atoms with E-state index in [2.05, 4.69) is 0 Å². The van der Waals surface area contributed by atoms with Crippen LogP contribution in [0, 0.1) is 0 Å². The van der Waals surface area contributed by atoms with Crippen molar-refractivity contribution >= 4 is 13.8 Å². The molecule has 0 saturated heterocycles. The van der Waals surface area contributed by atoms with E-state index in [1.165, 1.54) is 0 Å². The topological polar surface area (TPSA) is 63.6 Å². The van der Waals surface area contributed by atoms with E-state index in [9.17, 15) is 9.36 Å². The molecule has 0 aromatic rings. The second-order valence-corrected chi connectivity index (χ2v) is 4.75. The van der Waals surface area contributed by atoms with Gasteiger partial charge in [0.2, 0.25) is 0 Å². The van der Waals surface area contributed by atoms with E-state index in [1.54, 1.807) is 20.8 Å². The normalized spacial score (nSPS) is 16.4. The SMILES string of the molecule is CCOC(C)[P+](=O)C(CC)C(=O)O. The highest BCUT2D eigenvalue weighted by Crippen LogP contribution is 2.36. The molecule has 0 aromatic heterocycles. The lowest BCUT2D eigenvalue weighted by molar-refractivity contribution is -0.136. The van der Waals surface area contributed by atoms with Gasteiger partial charge in [0.05, 0.1) is 0 Å². The van der Waals surface area contributed by atoms with Gasteiger partial charge >= 0.3 is 13.8 Å². The molecular formula is C8H16O4P+. The molecule has 0 fully saturated rings. The van der Waals surface area contributed by atoms with E-state index in [0.29, 0.717) is 13.0 Å². The van der Waals surface area contributed by atoms with Crippen LogP contribution in [0.3, 0.4) is 0 Å². The van der Waals surface area contributed by atoms with Gasteiger partial charge in [-0.2, -0.15) is 0 Å². The third-order valence-corrected chi connectivity index (χ3v) is 3.81. The highest BCUT2D eigenvalue weighted by atomic mass is 31.1. The van der Waals surface area contributed by atoms with Crippen LogP contribution >= 0.6 is 7.80 Å². The molecule has 5 heteroatoms. The van der Waals surface area contributed by atoms with Gasteiger partial charge < -0.3 is 9.84 Å². The van der Waals surface area contributed by atoms with Crippen molar-refractivity contribution in [2.24, 2.45) is 0 Å². The molecule has 0 spiro atoms. The summed E-state index contributed by atoms with van der Waals surface area (Å²) in [4.78, 5) is 10.6. The summed E-state index contributed by atoms with van der Waals surface area (Å²) in [6, 6.07) is 0. The molecule has 76 valence electrons. The number of carbonyl (C=O) groups is 1. The van der Waals surface area contributed by atoms with Crippen molar-refractivity contribution in [3.63, 3.8) is 0 Å². The summed E-state index contributed by atoms with van der Waals surface area (Å²) in [6.07, 6.45) is 0.377. The Kier molecular flexibility index (Phi) is 5.84. The quantitative estimate of drug-likeness (QED) is 0.677. The minimum absolute atomic E-state index is 0.377. The maximum Gasteiger partial charge on any atom is 0.384 e. The van der Waals surface area contributed by atoms with Crippen molar-refractivity contribution in [3.05, 3.63) is 0 Å². The maximum atomic E-state index is 11.5. The van der Waals surface area contributed by atoms with E-state index in [0.717, 1.165) is 0 Å². The van der Waals surface area contributed by atoms with Gasteiger partial charge in [-0.15, -0.1) is 0 Å². The number of ether oxygens (including phenoxy) is 1. The summed E-state index contributed by atoms with van der Waals surface area (Å²) >= 11 is 0. The summed E-state index contributed by atoms with van der Waals surface area (Å²) in [5.41, 5.74) is -0.781. The fourth-order valence-electron chi connectivity index (χ4n) is 1.03. The third-order valence-electron chi connectivity index (χ3n) is 1.75. The first kappa shape index (κ1) is 12.5. The molecule has 0 saturated carbocycles. The number of aliphatic carboxylic acids is 1. The number of hydrogen-bond acceptors (Lipinski definition) is 3. The van der Waals surface area contributed by atoms with E-state index in [1.807, 2.05) is 0 Å². The Morgan fingerprint density at radius 2 is 2.08 bits per heavy atom. The lowest BCUT2D eigenvalue weighted by Crippen LogP contribution is -2.19. The van der Waals surface area contributed by atoms with Crippen molar-refractivity contribution in [1.29, 1.82) is 0 Å². The number of carboxylic acid groups (broad SMARTS) is 1. The van der Waals surface area contributed by atoms with Gasteiger partial charge in [0.1, 0.15) is 0 Å². The van der Waals surface area contributed by atoms with Crippen LogP contribution in [0.1, 0.15) is 27.2 Å². The Labute approximate surface area is 79.1 Å². The summed E-state index contributed by atoms with van der Waals surface area (Å²) in [5, 5.41) is 8.72. The molecule has 3 unspecified atom stereocenters. The van der Waals surface area contributed by atoms with Crippen molar-refractivity contribution < 1.29 is 19.2 Å². The van der Waals surface area contributed by atoms with Crippen LogP contribution in [0.5, 0.6) is 0 Å². The first-order chi connectivity index (χ1) is 6.04. The fourth-order valence-corrected chi connectivity index (χ4v) is 2.41. The first-order valence-corrected chi connectivity index (χ1v) is 5.74. The Morgan fingerprint density at radius 1 is 1.54 bits per heavy atom. The molecule has 0 amide bonds. The largest absolute Gasteiger partial charge is 0.478 e. The predicted molar refractivity (Wildman–Crippen MR) is 50.4 cm³/mol. The van der Waals surface area contributed by atoms with Gasteiger partial charge in [-0.05, 0) is 6.92 Å². The molecule has 0 aromatic carbocycles. The molecule has 0 heterocycles. The highest BCUT2D eigenvalue weighted by molar-refractivity contribution is 7.47. The predicted octanol–water partition coefficient (Wildman–Crippen LogP) is 2.06. The second-order valence-electron chi connectivity index (χ2n) is 2.68. The zero-order chi connectivity index (χ0) is 10.4. The zero-order valence-electron chi connectivity index (χ0n) is 8.19. The monoisotopic (exact) mass is 207 g/mol. The van der Waals surface area contributed by atoms with E-state index in [4.69, 9.17) is 9.84 Å². The summed E-state index contributed by atoms with van der Waals surface area (Å²) in [5.74, 6) is -1.48. The number of hydrogen-bond donors (Lipinski definition) is 1. The summed E-state index contributed by atoms with van der Waals surface area (Å²) < 4.78 is 16.6. The minimum atomic E-state index is -1.82. The summed E-state index contributed by atoms with van der Waals surface area (Å²) in [6.45, 7) is 5.61.